The Bertz CT molecular complexity index is 751. The quantitative estimate of drug-likeness (QED) is 0.751. The lowest BCUT2D eigenvalue weighted by Gasteiger charge is -2.14. The van der Waals surface area contributed by atoms with Gasteiger partial charge in [0, 0.05) is 31.5 Å². The molecule has 0 amide bonds. The molecule has 0 atom stereocenters. The Labute approximate surface area is 121 Å². The highest BCUT2D eigenvalue weighted by atomic mass is 35.5. The average molecular weight is 289 g/mol. The van der Waals surface area contributed by atoms with Crippen LogP contribution in [0.5, 0.6) is 0 Å². The van der Waals surface area contributed by atoms with Gasteiger partial charge >= 0.3 is 0 Å². The molecular formula is C13H13ClN6. The predicted octanol–water partition coefficient (Wildman–Crippen LogP) is 2.59. The molecule has 1 aromatic carbocycles. The summed E-state index contributed by atoms with van der Waals surface area (Å²) in [6, 6.07) is 9.75. The van der Waals surface area contributed by atoms with Crippen LogP contribution >= 0.6 is 11.6 Å². The van der Waals surface area contributed by atoms with E-state index in [-0.39, 0.29) is 0 Å². The van der Waals surface area contributed by atoms with E-state index >= 15 is 0 Å². The van der Waals surface area contributed by atoms with E-state index in [0.29, 0.717) is 16.7 Å². The molecule has 0 aliphatic carbocycles. The van der Waals surface area contributed by atoms with Crippen molar-refractivity contribution in [3.05, 3.63) is 41.8 Å². The van der Waals surface area contributed by atoms with Gasteiger partial charge in [0.15, 0.2) is 0 Å². The second-order valence-corrected chi connectivity index (χ2v) is 4.89. The van der Waals surface area contributed by atoms with Crippen molar-refractivity contribution in [3.63, 3.8) is 0 Å². The Hall–Kier alpha value is -2.34. The van der Waals surface area contributed by atoms with E-state index in [1.165, 1.54) is 6.33 Å². The van der Waals surface area contributed by atoms with E-state index in [2.05, 4.69) is 20.4 Å². The van der Waals surface area contributed by atoms with Crippen molar-refractivity contribution < 1.29 is 0 Å². The Morgan fingerprint density at radius 3 is 2.90 bits per heavy atom. The molecule has 0 spiro atoms. The number of benzene rings is 1. The van der Waals surface area contributed by atoms with Gasteiger partial charge in [-0.25, -0.2) is 0 Å². The van der Waals surface area contributed by atoms with Crippen LogP contribution in [0.25, 0.3) is 5.78 Å². The number of fused-ring (bicyclic) bond motifs is 1. The molecule has 3 rings (SSSR count). The zero-order valence-corrected chi connectivity index (χ0v) is 11.8. The number of rotatable bonds is 3. The summed E-state index contributed by atoms with van der Waals surface area (Å²) in [6.07, 6.45) is 1.44. The van der Waals surface area contributed by atoms with Crippen LogP contribution < -0.4 is 10.2 Å². The van der Waals surface area contributed by atoms with Crippen molar-refractivity contribution in [2.75, 3.05) is 24.3 Å². The first kappa shape index (κ1) is 12.7. The summed E-state index contributed by atoms with van der Waals surface area (Å²) in [7, 11) is 4.00. The molecular weight excluding hydrogens is 276 g/mol. The topological polar surface area (TPSA) is 58.3 Å². The minimum Gasteiger partial charge on any atom is -0.378 e. The molecule has 2 heterocycles. The molecule has 0 unspecified atom stereocenters. The lowest BCUT2D eigenvalue weighted by atomic mass is 10.2. The average Bonchev–Trinajstić information content (AvgIpc) is 2.87. The second-order valence-electron chi connectivity index (χ2n) is 4.51. The number of hydrogen-bond donors (Lipinski definition) is 1. The maximum Gasteiger partial charge on any atom is 0.255 e. The summed E-state index contributed by atoms with van der Waals surface area (Å²) in [5.74, 6) is 1.18. The van der Waals surface area contributed by atoms with Gasteiger partial charge in [-0.1, -0.05) is 17.7 Å². The highest BCUT2D eigenvalue weighted by Gasteiger charge is 2.07. The van der Waals surface area contributed by atoms with E-state index in [9.17, 15) is 0 Å². The van der Waals surface area contributed by atoms with Crippen LogP contribution in [0.3, 0.4) is 0 Å². The summed E-state index contributed by atoms with van der Waals surface area (Å²) in [5, 5.41) is 7.78. The van der Waals surface area contributed by atoms with Crippen molar-refractivity contribution >= 4 is 34.6 Å². The van der Waals surface area contributed by atoms with Crippen molar-refractivity contribution in [1.29, 1.82) is 0 Å². The largest absolute Gasteiger partial charge is 0.378 e. The van der Waals surface area contributed by atoms with Crippen molar-refractivity contribution in [2.24, 2.45) is 0 Å². The molecule has 2 aromatic heterocycles. The molecule has 102 valence electrons. The van der Waals surface area contributed by atoms with Crippen molar-refractivity contribution in [2.45, 2.75) is 0 Å². The first-order valence-corrected chi connectivity index (χ1v) is 6.42. The normalized spacial score (nSPS) is 10.8. The van der Waals surface area contributed by atoms with Gasteiger partial charge in [-0.2, -0.15) is 19.6 Å². The number of halogens is 1. The molecule has 6 nitrogen and oxygen atoms in total. The molecule has 3 aromatic rings. The Morgan fingerprint density at radius 1 is 1.25 bits per heavy atom. The van der Waals surface area contributed by atoms with E-state index in [1.54, 1.807) is 10.6 Å². The van der Waals surface area contributed by atoms with Crippen LogP contribution in [-0.4, -0.2) is 33.7 Å². The lowest BCUT2D eigenvalue weighted by molar-refractivity contribution is 0.947. The molecule has 20 heavy (non-hydrogen) atoms. The number of aromatic nitrogens is 4. The third-order valence-electron chi connectivity index (χ3n) is 2.86. The minimum atomic E-state index is 0.372. The highest BCUT2D eigenvalue weighted by molar-refractivity contribution is 6.29. The number of hydrogen-bond acceptors (Lipinski definition) is 5. The zero-order chi connectivity index (χ0) is 14.1. The molecule has 0 fully saturated rings. The predicted molar refractivity (Wildman–Crippen MR) is 79.8 cm³/mol. The third kappa shape index (κ3) is 2.37. The maximum absolute atomic E-state index is 5.99. The first-order valence-electron chi connectivity index (χ1n) is 6.04. The molecule has 0 saturated heterocycles. The summed E-state index contributed by atoms with van der Waals surface area (Å²) in [5.41, 5.74) is 2.04. The van der Waals surface area contributed by atoms with Gasteiger partial charge in [0.05, 0.1) is 0 Å². The van der Waals surface area contributed by atoms with E-state index < -0.39 is 0 Å². The monoisotopic (exact) mass is 288 g/mol. The summed E-state index contributed by atoms with van der Waals surface area (Å²) >= 11 is 5.99. The smallest absolute Gasteiger partial charge is 0.255 e. The summed E-state index contributed by atoms with van der Waals surface area (Å²) in [6.45, 7) is 0. The fraction of sp³-hybridized carbons (Fsp3) is 0.154. The van der Waals surface area contributed by atoms with Crippen LogP contribution in [0.2, 0.25) is 5.15 Å². The number of anilines is 3. The highest BCUT2D eigenvalue weighted by Crippen LogP contribution is 2.23. The SMILES string of the molecule is CN(C)c1cccc(Nc2cc(Cl)nc3ncnn23)c1. The van der Waals surface area contributed by atoms with Crippen LogP contribution in [0, 0.1) is 0 Å². The fourth-order valence-corrected chi connectivity index (χ4v) is 2.06. The van der Waals surface area contributed by atoms with Gasteiger partial charge in [0.2, 0.25) is 0 Å². The van der Waals surface area contributed by atoms with Gasteiger partial charge < -0.3 is 10.2 Å². The zero-order valence-electron chi connectivity index (χ0n) is 11.1. The number of nitrogens with zero attached hydrogens (tertiary/aromatic N) is 5. The standard InChI is InChI=1S/C13H13ClN6/c1-19(2)10-5-3-4-9(6-10)17-12-7-11(14)18-13-15-8-16-20(12)13/h3-8,17H,1-2H3. The molecule has 1 N–H and O–H groups in total. The van der Waals surface area contributed by atoms with Crippen LogP contribution in [-0.2, 0) is 0 Å². The fourth-order valence-electron chi connectivity index (χ4n) is 1.88. The van der Waals surface area contributed by atoms with Crippen molar-refractivity contribution in [3.8, 4) is 0 Å². The molecule has 0 saturated carbocycles. The van der Waals surface area contributed by atoms with Crippen LogP contribution in [0.4, 0.5) is 17.2 Å². The molecule has 7 heteroatoms. The Balaban J connectivity index is 2.00. The lowest BCUT2D eigenvalue weighted by Crippen LogP contribution is -2.09. The molecule has 0 radical (unpaired) electrons. The van der Waals surface area contributed by atoms with E-state index in [4.69, 9.17) is 11.6 Å². The number of nitrogens with one attached hydrogen (secondary N) is 1. The Morgan fingerprint density at radius 2 is 2.10 bits per heavy atom. The van der Waals surface area contributed by atoms with Gasteiger partial charge in [0.25, 0.3) is 5.78 Å². The van der Waals surface area contributed by atoms with Gasteiger partial charge in [-0.3, -0.25) is 0 Å². The van der Waals surface area contributed by atoms with E-state index in [1.807, 2.05) is 43.3 Å². The molecule has 0 aliphatic heterocycles. The molecule has 0 bridgehead atoms. The van der Waals surface area contributed by atoms with Crippen LogP contribution in [0.1, 0.15) is 0 Å². The van der Waals surface area contributed by atoms with Crippen LogP contribution in [0.15, 0.2) is 36.7 Å². The van der Waals surface area contributed by atoms with E-state index in [0.717, 1.165) is 11.4 Å². The maximum atomic E-state index is 5.99. The Kier molecular flexibility index (Phi) is 3.15. The second kappa shape index (κ2) is 4.97. The van der Waals surface area contributed by atoms with Gasteiger partial charge in [-0.05, 0) is 18.2 Å². The van der Waals surface area contributed by atoms with Gasteiger partial charge in [0.1, 0.15) is 17.3 Å². The minimum absolute atomic E-state index is 0.372. The van der Waals surface area contributed by atoms with Crippen molar-refractivity contribution in [1.82, 2.24) is 19.6 Å². The third-order valence-corrected chi connectivity index (χ3v) is 3.05. The summed E-state index contributed by atoms with van der Waals surface area (Å²) < 4.78 is 1.61. The summed E-state index contributed by atoms with van der Waals surface area (Å²) in [4.78, 5) is 10.2. The first-order chi connectivity index (χ1) is 9.63. The van der Waals surface area contributed by atoms with Gasteiger partial charge in [-0.15, -0.1) is 0 Å². The molecule has 0 aliphatic rings.